The van der Waals surface area contributed by atoms with Gasteiger partial charge in [0.05, 0.1) is 0 Å². The van der Waals surface area contributed by atoms with Crippen molar-refractivity contribution in [2.75, 3.05) is 6.61 Å². The number of rotatable bonds is 6. The lowest BCUT2D eigenvalue weighted by Crippen LogP contribution is -2.15. The molecule has 1 heterocycles. The number of carbonyl (C=O) groups is 1. The van der Waals surface area contributed by atoms with E-state index in [-0.39, 0.29) is 13.2 Å². The van der Waals surface area contributed by atoms with Crippen LogP contribution in [0, 0.1) is 0 Å². The molecule has 0 bridgehead atoms. The number of benzene rings is 1. The third kappa shape index (κ3) is 4.76. The van der Waals surface area contributed by atoms with Crippen LogP contribution in [0.15, 0.2) is 42.6 Å². The average molecular weight is 306 g/mol. The second kappa shape index (κ2) is 7.64. The third-order valence-corrected chi connectivity index (χ3v) is 3.11. The summed E-state index contributed by atoms with van der Waals surface area (Å²) in [5.74, 6) is 0.293. The maximum Gasteiger partial charge on any atom is 0.344 e. The Kier molecular flexibility index (Phi) is 5.58. The van der Waals surface area contributed by atoms with Gasteiger partial charge in [0.2, 0.25) is 0 Å². The third-order valence-electron chi connectivity index (χ3n) is 2.89. The number of halogens is 1. The van der Waals surface area contributed by atoms with Crippen LogP contribution in [0.3, 0.4) is 0 Å². The van der Waals surface area contributed by atoms with Gasteiger partial charge >= 0.3 is 5.97 Å². The SMILES string of the molecule is CCc1ccccc1OCC(=O)OCc1ccc(Cl)nc1. The van der Waals surface area contributed by atoms with Crippen molar-refractivity contribution in [1.29, 1.82) is 0 Å². The molecule has 0 amide bonds. The molecular formula is C16H16ClNO3. The van der Waals surface area contributed by atoms with Crippen LogP contribution in [0.5, 0.6) is 5.75 Å². The minimum atomic E-state index is -0.421. The molecule has 0 aliphatic rings. The number of hydrogen-bond donors (Lipinski definition) is 0. The lowest BCUT2D eigenvalue weighted by atomic mass is 10.1. The average Bonchev–Trinajstić information content (AvgIpc) is 2.52. The predicted molar refractivity (Wildman–Crippen MR) is 80.4 cm³/mol. The van der Waals surface area contributed by atoms with Crippen LogP contribution in [0.4, 0.5) is 0 Å². The Morgan fingerprint density at radius 3 is 2.76 bits per heavy atom. The van der Waals surface area contributed by atoms with Crippen LogP contribution in [-0.4, -0.2) is 17.6 Å². The highest BCUT2D eigenvalue weighted by atomic mass is 35.5. The monoisotopic (exact) mass is 305 g/mol. The molecular weight excluding hydrogens is 290 g/mol. The van der Waals surface area contributed by atoms with Crippen molar-refractivity contribution in [2.45, 2.75) is 20.0 Å². The summed E-state index contributed by atoms with van der Waals surface area (Å²) < 4.78 is 10.6. The molecule has 4 nitrogen and oxygen atoms in total. The molecule has 0 saturated carbocycles. The first-order valence-electron chi connectivity index (χ1n) is 6.65. The van der Waals surface area contributed by atoms with Crippen LogP contribution in [0.2, 0.25) is 5.15 Å². The van der Waals surface area contributed by atoms with E-state index in [1.54, 1.807) is 18.3 Å². The molecule has 0 unspecified atom stereocenters. The Morgan fingerprint density at radius 1 is 1.24 bits per heavy atom. The zero-order chi connectivity index (χ0) is 15.1. The fourth-order valence-electron chi connectivity index (χ4n) is 1.77. The number of ether oxygens (including phenoxy) is 2. The first-order chi connectivity index (χ1) is 10.2. The van der Waals surface area contributed by atoms with Crippen molar-refractivity contribution < 1.29 is 14.3 Å². The molecule has 5 heteroatoms. The molecule has 0 saturated heterocycles. The Balaban J connectivity index is 1.81. The summed E-state index contributed by atoms with van der Waals surface area (Å²) in [7, 11) is 0. The molecule has 0 aliphatic heterocycles. The van der Waals surface area contributed by atoms with Gasteiger partial charge in [-0.25, -0.2) is 9.78 Å². The molecule has 0 atom stereocenters. The Morgan fingerprint density at radius 2 is 2.05 bits per heavy atom. The summed E-state index contributed by atoms with van der Waals surface area (Å²) in [6.45, 7) is 2.08. The molecule has 0 radical (unpaired) electrons. The number of esters is 1. The van der Waals surface area contributed by atoms with E-state index in [0.717, 1.165) is 17.5 Å². The van der Waals surface area contributed by atoms with Crippen molar-refractivity contribution in [3.05, 3.63) is 58.9 Å². The van der Waals surface area contributed by atoms with Gasteiger partial charge in [0.25, 0.3) is 0 Å². The van der Waals surface area contributed by atoms with E-state index in [2.05, 4.69) is 4.98 Å². The number of hydrogen-bond acceptors (Lipinski definition) is 4. The van der Waals surface area contributed by atoms with Crippen molar-refractivity contribution in [1.82, 2.24) is 4.98 Å². The fraction of sp³-hybridized carbons (Fsp3) is 0.250. The zero-order valence-electron chi connectivity index (χ0n) is 11.7. The molecule has 21 heavy (non-hydrogen) atoms. The van der Waals surface area contributed by atoms with Gasteiger partial charge in [0.15, 0.2) is 6.61 Å². The normalized spacial score (nSPS) is 10.2. The first kappa shape index (κ1) is 15.3. The summed E-state index contributed by atoms with van der Waals surface area (Å²) in [5, 5.41) is 0.407. The number of pyridine rings is 1. The van der Waals surface area contributed by atoms with Gasteiger partial charge in [-0.1, -0.05) is 42.8 Å². The second-order valence-corrected chi connectivity index (χ2v) is 4.79. The van der Waals surface area contributed by atoms with E-state index in [9.17, 15) is 4.79 Å². The Bertz CT molecular complexity index is 599. The van der Waals surface area contributed by atoms with Gasteiger partial charge in [-0.15, -0.1) is 0 Å². The molecule has 1 aromatic carbocycles. The minimum Gasteiger partial charge on any atom is -0.482 e. The lowest BCUT2D eigenvalue weighted by molar-refractivity contribution is -0.147. The van der Waals surface area contributed by atoms with Gasteiger partial charge in [0.1, 0.15) is 17.5 Å². The molecule has 0 aliphatic carbocycles. The Labute approximate surface area is 128 Å². The standard InChI is InChI=1S/C16H16ClNO3/c1-2-13-5-3-4-6-14(13)20-11-16(19)21-10-12-7-8-15(17)18-9-12/h3-9H,2,10-11H2,1H3. The molecule has 0 N–H and O–H groups in total. The lowest BCUT2D eigenvalue weighted by Gasteiger charge is -2.10. The fourth-order valence-corrected chi connectivity index (χ4v) is 1.88. The summed E-state index contributed by atoms with van der Waals surface area (Å²) in [5.41, 5.74) is 1.84. The van der Waals surface area contributed by atoms with Gasteiger partial charge in [-0.3, -0.25) is 0 Å². The number of aromatic nitrogens is 1. The van der Waals surface area contributed by atoms with Crippen LogP contribution in [0.1, 0.15) is 18.1 Å². The molecule has 1 aromatic heterocycles. The summed E-state index contributed by atoms with van der Waals surface area (Å²) in [6.07, 6.45) is 2.42. The summed E-state index contributed by atoms with van der Waals surface area (Å²) in [4.78, 5) is 15.6. The Hall–Kier alpha value is -2.07. The van der Waals surface area contributed by atoms with E-state index < -0.39 is 5.97 Å². The molecule has 0 spiro atoms. The van der Waals surface area contributed by atoms with E-state index in [1.807, 2.05) is 31.2 Å². The van der Waals surface area contributed by atoms with Crippen LogP contribution in [-0.2, 0) is 22.6 Å². The minimum absolute atomic E-state index is 0.113. The number of para-hydroxylation sites is 1. The second-order valence-electron chi connectivity index (χ2n) is 4.40. The van der Waals surface area contributed by atoms with Crippen molar-refractivity contribution in [3.63, 3.8) is 0 Å². The van der Waals surface area contributed by atoms with Crippen LogP contribution in [0.25, 0.3) is 0 Å². The highest BCUT2D eigenvalue weighted by molar-refractivity contribution is 6.29. The molecule has 2 rings (SSSR count). The van der Waals surface area contributed by atoms with Crippen molar-refractivity contribution in [3.8, 4) is 5.75 Å². The van der Waals surface area contributed by atoms with E-state index in [0.29, 0.717) is 10.9 Å². The zero-order valence-corrected chi connectivity index (χ0v) is 12.5. The number of carbonyl (C=O) groups excluding carboxylic acids is 1. The number of nitrogens with zero attached hydrogens (tertiary/aromatic N) is 1. The number of aryl methyl sites for hydroxylation is 1. The van der Waals surface area contributed by atoms with E-state index >= 15 is 0 Å². The highest BCUT2D eigenvalue weighted by Gasteiger charge is 2.07. The maximum atomic E-state index is 11.7. The van der Waals surface area contributed by atoms with E-state index in [1.165, 1.54) is 0 Å². The van der Waals surface area contributed by atoms with Gasteiger partial charge in [-0.2, -0.15) is 0 Å². The molecule has 2 aromatic rings. The predicted octanol–water partition coefficient (Wildman–Crippen LogP) is 3.42. The van der Waals surface area contributed by atoms with Gasteiger partial charge in [-0.05, 0) is 24.1 Å². The van der Waals surface area contributed by atoms with Crippen molar-refractivity contribution in [2.24, 2.45) is 0 Å². The highest BCUT2D eigenvalue weighted by Crippen LogP contribution is 2.18. The maximum absolute atomic E-state index is 11.7. The smallest absolute Gasteiger partial charge is 0.344 e. The van der Waals surface area contributed by atoms with Crippen LogP contribution >= 0.6 is 11.6 Å². The van der Waals surface area contributed by atoms with Gasteiger partial charge < -0.3 is 9.47 Å². The van der Waals surface area contributed by atoms with E-state index in [4.69, 9.17) is 21.1 Å². The topological polar surface area (TPSA) is 48.4 Å². The summed E-state index contributed by atoms with van der Waals surface area (Å²) >= 11 is 5.68. The molecule has 110 valence electrons. The molecule has 0 fully saturated rings. The van der Waals surface area contributed by atoms with Gasteiger partial charge in [0, 0.05) is 11.8 Å². The summed E-state index contributed by atoms with van der Waals surface area (Å²) in [6, 6.07) is 11.0. The van der Waals surface area contributed by atoms with Crippen LogP contribution < -0.4 is 4.74 Å². The quantitative estimate of drug-likeness (QED) is 0.606. The largest absolute Gasteiger partial charge is 0.482 e. The first-order valence-corrected chi connectivity index (χ1v) is 7.03. The van der Waals surface area contributed by atoms with Crippen molar-refractivity contribution >= 4 is 17.6 Å².